The molecule has 1 N–H and O–H groups in total. The van der Waals surface area contributed by atoms with Gasteiger partial charge >= 0.3 is 0 Å². The molecule has 0 amide bonds. The number of hydrogen-bond acceptors (Lipinski definition) is 8. The predicted octanol–water partition coefficient (Wildman–Crippen LogP) is 3.87. The monoisotopic (exact) mass is 507 g/mol. The van der Waals surface area contributed by atoms with Crippen LogP contribution in [0.5, 0.6) is 0 Å². The summed E-state index contributed by atoms with van der Waals surface area (Å²) in [5.74, 6) is 0.818. The second-order valence-corrected chi connectivity index (χ2v) is 10.8. The van der Waals surface area contributed by atoms with E-state index in [0.717, 1.165) is 27.9 Å². The summed E-state index contributed by atoms with van der Waals surface area (Å²) in [6.07, 6.45) is 5.78. The van der Waals surface area contributed by atoms with Gasteiger partial charge in [-0.15, -0.1) is 10.2 Å². The van der Waals surface area contributed by atoms with Crippen molar-refractivity contribution in [3.63, 3.8) is 0 Å². The van der Waals surface area contributed by atoms with Crippen LogP contribution in [0.25, 0.3) is 17.1 Å². The number of ether oxygens (including phenoxy) is 1. The standard InChI is InChI=1S/C25H29N7O3S/c1-15-10-20(14-26-11-15)24-29-30-25(32(24)21-17(3)8-7-9-18(21)4)31-36(33,34)19(5)22(35-6)23-27-12-16(2)13-28-23/h7-14,19,22H,1-6H3,(H,30,31)/t19-,22-/m0/s1. The molecule has 0 saturated carbocycles. The molecule has 0 aliphatic heterocycles. The minimum Gasteiger partial charge on any atom is -0.372 e. The normalized spacial score (nSPS) is 13.4. The van der Waals surface area contributed by atoms with Crippen molar-refractivity contribution in [2.24, 2.45) is 0 Å². The smallest absolute Gasteiger partial charge is 0.243 e. The Balaban J connectivity index is 1.80. The average molecular weight is 508 g/mol. The van der Waals surface area contributed by atoms with Gasteiger partial charge in [-0.25, -0.2) is 18.4 Å². The molecule has 4 rings (SSSR count). The third-order valence-corrected chi connectivity index (χ3v) is 7.61. The van der Waals surface area contributed by atoms with Crippen molar-refractivity contribution < 1.29 is 13.2 Å². The van der Waals surface area contributed by atoms with Crippen LogP contribution >= 0.6 is 0 Å². The number of para-hydroxylation sites is 1. The topological polar surface area (TPSA) is 125 Å². The first kappa shape index (κ1) is 25.4. The molecule has 11 heteroatoms. The number of aromatic nitrogens is 6. The summed E-state index contributed by atoms with van der Waals surface area (Å²) in [6, 6.07) is 7.79. The Bertz CT molecular complexity index is 1460. The van der Waals surface area contributed by atoms with Crippen molar-refractivity contribution in [2.45, 2.75) is 46.0 Å². The highest BCUT2D eigenvalue weighted by Crippen LogP contribution is 2.31. The fourth-order valence-corrected chi connectivity index (χ4v) is 5.15. The van der Waals surface area contributed by atoms with E-state index in [-0.39, 0.29) is 11.8 Å². The number of nitrogens with zero attached hydrogens (tertiary/aromatic N) is 6. The largest absolute Gasteiger partial charge is 0.372 e. The number of aryl methyl sites for hydroxylation is 4. The molecule has 4 aromatic rings. The minimum absolute atomic E-state index is 0.0652. The summed E-state index contributed by atoms with van der Waals surface area (Å²) in [6.45, 7) is 9.24. The Labute approximate surface area is 210 Å². The summed E-state index contributed by atoms with van der Waals surface area (Å²) in [5.41, 5.74) is 5.18. The molecule has 1 aromatic carbocycles. The highest BCUT2D eigenvalue weighted by Gasteiger charge is 2.34. The number of methoxy groups -OCH3 is 1. The highest BCUT2D eigenvalue weighted by atomic mass is 32.2. The van der Waals surface area contributed by atoms with Crippen LogP contribution in [-0.2, 0) is 14.8 Å². The van der Waals surface area contributed by atoms with Crippen molar-refractivity contribution in [3.05, 3.63) is 77.1 Å². The van der Waals surface area contributed by atoms with E-state index < -0.39 is 21.4 Å². The molecule has 36 heavy (non-hydrogen) atoms. The molecule has 3 aromatic heterocycles. The Morgan fingerprint density at radius 2 is 1.61 bits per heavy atom. The van der Waals surface area contributed by atoms with Crippen LogP contribution in [0.1, 0.15) is 41.1 Å². The van der Waals surface area contributed by atoms with E-state index in [1.165, 1.54) is 7.11 Å². The molecule has 188 valence electrons. The summed E-state index contributed by atoms with van der Waals surface area (Å²) in [7, 11) is -2.58. The number of hydrogen-bond donors (Lipinski definition) is 1. The number of rotatable bonds is 8. The van der Waals surface area contributed by atoms with E-state index >= 15 is 0 Å². The molecular formula is C25H29N7O3S. The van der Waals surface area contributed by atoms with E-state index in [2.05, 4.69) is 29.9 Å². The van der Waals surface area contributed by atoms with Crippen LogP contribution in [0.2, 0.25) is 0 Å². The Morgan fingerprint density at radius 3 is 2.22 bits per heavy atom. The van der Waals surface area contributed by atoms with E-state index in [1.54, 1.807) is 36.3 Å². The van der Waals surface area contributed by atoms with Crippen LogP contribution < -0.4 is 4.72 Å². The molecule has 0 aliphatic carbocycles. The Hall–Kier alpha value is -3.70. The van der Waals surface area contributed by atoms with Gasteiger partial charge in [-0.3, -0.25) is 14.3 Å². The molecule has 3 heterocycles. The summed E-state index contributed by atoms with van der Waals surface area (Å²) in [5, 5.41) is 7.56. The maximum atomic E-state index is 13.6. The van der Waals surface area contributed by atoms with Gasteiger partial charge in [0.1, 0.15) is 11.4 Å². The lowest BCUT2D eigenvalue weighted by Crippen LogP contribution is -2.33. The molecule has 0 aliphatic rings. The number of sulfonamides is 1. The van der Waals surface area contributed by atoms with Crippen molar-refractivity contribution >= 4 is 16.0 Å². The number of benzene rings is 1. The molecule has 0 saturated heterocycles. The highest BCUT2D eigenvalue weighted by molar-refractivity contribution is 7.93. The van der Waals surface area contributed by atoms with Crippen molar-refractivity contribution in [1.82, 2.24) is 29.7 Å². The number of anilines is 1. The maximum absolute atomic E-state index is 13.6. The van der Waals surface area contributed by atoms with Gasteiger partial charge in [-0.1, -0.05) is 18.2 Å². The maximum Gasteiger partial charge on any atom is 0.243 e. The van der Waals surface area contributed by atoms with Crippen LogP contribution in [0.15, 0.2) is 49.1 Å². The van der Waals surface area contributed by atoms with Gasteiger partial charge in [-0.05, 0) is 62.9 Å². The van der Waals surface area contributed by atoms with Gasteiger partial charge in [0.25, 0.3) is 0 Å². The molecule has 0 unspecified atom stereocenters. The Kier molecular flexibility index (Phi) is 7.14. The summed E-state index contributed by atoms with van der Waals surface area (Å²) < 4.78 is 37.0. The van der Waals surface area contributed by atoms with Crippen LogP contribution in [0, 0.1) is 27.7 Å². The molecule has 0 radical (unpaired) electrons. The van der Waals surface area contributed by atoms with Gasteiger partial charge < -0.3 is 4.74 Å². The number of nitrogens with one attached hydrogen (secondary N) is 1. The molecular weight excluding hydrogens is 478 g/mol. The summed E-state index contributed by atoms with van der Waals surface area (Å²) >= 11 is 0. The molecule has 10 nitrogen and oxygen atoms in total. The van der Waals surface area contributed by atoms with Crippen molar-refractivity contribution in [2.75, 3.05) is 11.8 Å². The van der Waals surface area contributed by atoms with Crippen molar-refractivity contribution in [1.29, 1.82) is 0 Å². The molecule has 0 spiro atoms. The first-order valence-electron chi connectivity index (χ1n) is 11.4. The van der Waals surface area contributed by atoms with Gasteiger partial charge in [0.15, 0.2) is 11.6 Å². The predicted molar refractivity (Wildman–Crippen MR) is 137 cm³/mol. The second kappa shape index (κ2) is 10.1. The molecule has 0 fully saturated rings. The zero-order chi connectivity index (χ0) is 26.0. The van der Waals surface area contributed by atoms with Crippen LogP contribution in [0.4, 0.5) is 5.95 Å². The fourth-order valence-electron chi connectivity index (χ4n) is 4.02. The zero-order valence-corrected chi connectivity index (χ0v) is 21.9. The van der Waals surface area contributed by atoms with E-state index in [4.69, 9.17) is 4.74 Å². The first-order chi connectivity index (χ1) is 17.1. The first-order valence-corrected chi connectivity index (χ1v) is 12.9. The van der Waals surface area contributed by atoms with E-state index in [9.17, 15) is 8.42 Å². The third-order valence-electron chi connectivity index (χ3n) is 5.92. The fraction of sp³-hybridized carbons (Fsp3) is 0.320. The average Bonchev–Trinajstić information content (AvgIpc) is 3.23. The quantitative estimate of drug-likeness (QED) is 0.381. The second-order valence-electron chi connectivity index (χ2n) is 8.80. The molecule has 0 bridgehead atoms. The van der Waals surface area contributed by atoms with Gasteiger partial charge in [0.05, 0.1) is 5.69 Å². The van der Waals surface area contributed by atoms with Gasteiger partial charge in [-0.2, -0.15) is 0 Å². The zero-order valence-electron chi connectivity index (χ0n) is 21.1. The van der Waals surface area contributed by atoms with Gasteiger partial charge in [0.2, 0.25) is 16.0 Å². The Morgan fingerprint density at radius 1 is 0.944 bits per heavy atom. The lowest BCUT2D eigenvalue weighted by Gasteiger charge is -2.22. The van der Waals surface area contributed by atoms with Crippen LogP contribution in [0.3, 0.4) is 0 Å². The number of pyridine rings is 1. The molecule has 2 atom stereocenters. The van der Waals surface area contributed by atoms with E-state index in [1.807, 2.05) is 52.0 Å². The lowest BCUT2D eigenvalue weighted by molar-refractivity contribution is 0.0949. The van der Waals surface area contributed by atoms with Crippen molar-refractivity contribution in [3.8, 4) is 17.1 Å². The minimum atomic E-state index is -4.01. The van der Waals surface area contributed by atoms with Gasteiger partial charge in [0, 0.05) is 37.5 Å². The SMILES string of the molecule is CO[C@H](c1ncc(C)cn1)[C@H](C)S(=O)(=O)Nc1nnc(-c2cncc(C)c2)n1-c1c(C)cccc1C. The third kappa shape index (κ3) is 4.98. The lowest BCUT2D eigenvalue weighted by atomic mass is 10.1. The van der Waals surface area contributed by atoms with Crippen LogP contribution in [-0.4, -0.2) is 50.5 Å². The summed E-state index contributed by atoms with van der Waals surface area (Å²) in [4.78, 5) is 12.8. The van der Waals surface area contributed by atoms with E-state index in [0.29, 0.717) is 11.4 Å².